The minimum Gasteiger partial charge on any atom is -0.314 e. The van der Waals surface area contributed by atoms with Crippen molar-refractivity contribution in [2.75, 3.05) is 23.9 Å². The number of hydrogen-bond acceptors (Lipinski definition) is 2. The number of hydrogen-bond donors (Lipinski definition) is 0. The van der Waals surface area contributed by atoms with Crippen LogP contribution in [0.15, 0.2) is 24.3 Å². The quantitative estimate of drug-likeness (QED) is 0.752. The Kier molecular flexibility index (Phi) is 3.66. The van der Waals surface area contributed by atoms with E-state index in [1.54, 1.807) is 9.80 Å². The van der Waals surface area contributed by atoms with Gasteiger partial charge in [-0.3, -0.25) is 9.59 Å². The van der Waals surface area contributed by atoms with Crippen LogP contribution in [-0.4, -0.2) is 25.9 Å². The summed E-state index contributed by atoms with van der Waals surface area (Å²) in [7, 11) is 3.65. The molecule has 0 aliphatic carbocycles. The van der Waals surface area contributed by atoms with Crippen molar-refractivity contribution in [2.24, 2.45) is 0 Å². The highest BCUT2D eigenvalue weighted by Gasteiger charge is 2.65. The molecule has 2 aliphatic rings. The van der Waals surface area contributed by atoms with Crippen molar-refractivity contribution >= 4 is 23.2 Å². The number of amides is 2. The van der Waals surface area contributed by atoms with Gasteiger partial charge in [-0.1, -0.05) is 35.4 Å². The maximum absolute atomic E-state index is 13.7. The fourth-order valence-electron chi connectivity index (χ4n) is 5.64. The lowest BCUT2D eigenvalue weighted by Gasteiger charge is -2.39. The van der Waals surface area contributed by atoms with Crippen molar-refractivity contribution in [1.82, 2.24) is 0 Å². The summed E-state index contributed by atoms with van der Waals surface area (Å²) in [5.41, 5.74) is 6.19. The zero-order valence-electron chi connectivity index (χ0n) is 18.0. The van der Waals surface area contributed by atoms with Crippen LogP contribution in [0.1, 0.15) is 47.2 Å². The molecule has 0 spiro atoms. The maximum Gasteiger partial charge on any atom is 0.238 e. The number of carbonyl (C=O) groups excluding carboxylic acids is 2. The number of rotatable bonds is 1. The average Bonchev–Trinajstić information content (AvgIpc) is 2.93. The Hall–Kier alpha value is -2.62. The summed E-state index contributed by atoms with van der Waals surface area (Å²) in [4.78, 5) is 30.9. The SMILES string of the molecule is Cc1cc(C)c2c(c1)C(C)(C1(C)C(=O)N(C)c3c(C)cc(C)cc31)C(=O)N2C. The Morgan fingerprint density at radius 2 is 0.964 bits per heavy atom. The number of benzene rings is 2. The van der Waals surface area contributed by atoms with Crippen LogP contribution in [0.25, 0.3) is 0 Å². The van der Waals surface area contributed by atoms with Crippen molar-refractivity contribution in [1.29, 1.82) is 0 Å². The van der Waals surface area contributed by atoms with E-state index in [9.17, 15) is 9.59 Å². The van der Waals surface area contributed by atoms with Gasteiger partial charge in [0.2, 0.25) is 11.8 Å². The van der Waals surface area contributed by atoms with E-state index in [4.69, 9.17) is 0 Å². The smallest absolute Gasteiger partial charge is 0.238 e. The number of aryl methyl sites for hydroxylation is 4. The largest absolute Gasteiger partial charge is 0.314 e. The lowest BCUT2D eigenvalue weighted by molar-refractivity contribution is -0.133. The molecule has 0 N–H and O–H groups in total. The first-order valence-electron chi connectivity index (χ1n) is 9.76. The zero-order chi connectivity index (χ0) is 20.8. The van der Waals surface area contributed by atoms with E-state index >= 15 is 0 Å². The molecular weight excluding hydrogens is 348 g/mol. The Balaban J connectivity index is 2.11. The Morgan fingerprint density at radius 1 is 0.643 bits per heavy atom. The first kappa shape index (κ1) is 18.7. The maximum atomic E-state index is 13.7. The number of carbonyl (C=O) groups is 2. The van der Waals surface area contributed by atoms with Gasteiger partial charge in [0.05, 0.1) is 22.2 Å². The minimum absolute atomic E-state index is 0.0209. The molecule has 2 amide bonds. The molecular formula is C24H28N2O2. The second kappa shape index (κ2) is 5.47. The molecule has 4 heteroatoms. The Labute approximate surface area is 167 Å². The average molecular weight is 377 g/mol. The van der Waals surface area contributed by atoms with Gasteiger partial charge in [-0.2, -0.15) is 0 Å². The predicted molar refractivity (Wildman–Crippen MR) is 113 cm³/mol. The second-order valence-electron chi connectivity index (χ2n) is 8.93. The molecule has 146 valence electrons. The van der Waals surface area contributed by atoms with E-state index < -0.39 is 10.8 Å². The molecule has 2 aromatic rings. The van der Waals surface area contributed by atoms with Gasteiger partial charge in [-0.15, -0.1) is 0 Å². The highest BCUT2D eigenvalue weighted by Crippen LogP contribution is 2.58. The lowest BCUT2D eigenvalue weighted by atomic mass is 9.59. The van der Waals surface area contributed by atoms with E-state index in [2.05, 4.69) is 24.3 Å². The van der Waals surface area contributed by atoms with Crippen molar-refractivity contribution in [3.8, 4) is 0 Å². The monoisotopic (exact) mass is 376 g/mol. The fourth-order valence-corrected chi connectivity index (χ4v) is 5.64. The van der Waals surface area contributed by atoms with Crippen LogP contribution in [0.2, 0.25) is 0 Å². The van der Waals surface area contributed by atoms with Gasteiger partial charge >= 0.3 is 0 Å². The molecule has 2 aliphatic heterocycles. The molecule has 4 rings (SSSR count). The van der Waals surface area contributed by atoms with Crippen molar-refractivity contribution in [2.45, 2.75) is 52.4 Å². The zero-order valence-corrected chi connectivity index (χ0v) is 18.0. The number of anilines is 2. The summed E-state index contributed by atoms with van der Waals surface area (Å²) >= 11 is 0. The molecule has 2 aromatic carbocycles. The fraction of sp³-hybridized carbons (Fsp3) is 0.417. The number of fused-ring (bicyclic) bond motifs is 2. The lowest BCUT2D eigenvalue weighted by Crippen LogP contribution is -2.56. The van der Waals surface area contributed by atoms with Crippen molar-refractivity contribution in [3.05, 3.63) is 57.6 Å². The molecule has 0 bridgehead atoms. The summed E-state index contributed by atoms with van der Waals surface area (Å²) in [6.45, 7) is 12.1. The van der Waals surface area contributed by atoms with E-state index in [1.165, 1.54) is 0 Å². The second-order valence-corrected chi connectivity index (χ2v) is 8.93. The van der Waals surface area contributed by atoms with Gasteiger partial charge in [0.15, 0.2) is 0 Å². The van der Waals surface area contributed by atoms with Crippen molar-refractivity contribution in [3.63, 3.8) is 0 Å². The van der Waals surface area contributed by atoms with Crippen LogP contribution in [0, 0.1) is 27.7 Å². The van der Waals surface area contributed by atoms with Crippen LogP contribution in [0.5, 0.6) is 0 Å². The van der Waals surface area contributed by atoms with Gasteiger partial charge in [-0.25, -0.2) is 0 Å². The van der Waals surface area contributed by atoms with E-state index in [1.807, 2.05) is 55.6 Å². The van der Waals surface area contributed by atoms with E-state index in [-0.39, 0.29) is 11.8 Å². The molecule has 0 fully saturated rings. The molecule has 0 saturated heterocycles. The molecule has 4 nitrogen and oxygen atoms in total. The summed E-state index contributed by atoms with van der Waals surface area (Å²) in [6, 6.07) is 8.37. The third kappa shape index (κ3) is 1.91. The third-order valence-electron chi connectivity index (χ3n) is 7.10. The van der Waals surface area contributed by atoms with Crippen molar-refractivity contribution < 1.29 is 9.59 Å². The predicted octanol–water partition coefficient (Wildman–Crippen LogP) is 4.09. The normalized spacial score (nSPS) is 26.1. The first-order valence-corrected chi connectivity index (χ1v) is 9.76. The highest BCUT2D eigenvalue weighted by molar-refractivity contribution is 6.18. The number of nitrogens with zero attached hydrogens (tertiary/aromatic N) is 2. The molecule has 2 unspecified atom stereocenters. The van der Waals surface area contributed by atoms with Gasteiger partial charge in [0, 0.05) is 14.1 Å². The van der Waals surface area contributed by atoms with E-state index in [0.29, 0.717) is 0 Å². The standard InChI is InChI=1S/C24H28N2O2/c1-13-9-15(3)19-17(11-13)23(5,21(27)25(19)7)24(6)18-12-14(2)10-16(4)20(18)26(8)22(24)28/h9-12H,1-8H3. The minimum atomic E-state index is -0.968. The Morgan fingerprint density at radius 3 is 1.29 bits per heavy atom. The van der Waals surface area contributed by atoms with Gasteiger partial charge < -0.3 is 9.80 Å². The van der Waals surface area contributed by atoms with E-state index in [0.717, 1.165) is 44.8 Å². The summed E-state index contributed by atoms with van der Waals surface area (Å²) in [5.74, 6) is -0.0417. The molecule has 2 heterocycles. The highest BCUT2D eigenvalue weighted by atomic mass is 16.2. The summed E-state index contributed by atoms with van der Waals surface area (Å²) in [5, 5.41) is 0. The van der Waals surface area contributed by atoms with Gasteiger partial charge in [0.25, 0.3) is 0 Å². The topological polar surface area (TPSA) is 40.6 Å². The third-order valence-corrected chi connectivity index (χ3v) is 7.10. The molecule has 0 saturated carbocycles. The van der Waals surface area contributed by atoms with Crippen LogP contribution < -0.4 is 9.80 Å². The molecule has 0 radical (unpaired) electrons. The van der Waals surface area contributed by atoms with Gasteiger partial charge in [0.1, 0.15) is 0 Å². The molecule has 2 atom stereocenters. The summed E-state index contributed by atoms with van der Waals surface area (Å²) < 4.78 is 0. The van der Waals surface area contributed by atoms with Crippen LogP contribution in [0.3, 0.4) is 0 Å². The summed E-state index contributed by atoms with van der Waals surface area (Å²) in [6.07, 6.45) is 0. The molecule has 0 aromatic heterocycles. The van der Waals surface area contributed by atoms with Crippen LogP contribution >= 0.6 is 0 Å². The number of likely N-dealkylation sites (N-methyl/N-ethyl adjacent to an activating group) is 2. The molecule has 28 heavy (non-hydrogen) atoms. The first-order chi connectivity index (χ1) is 13.0. The Bertz CT molecular complexity index is 985. The van der Waals surface area contributed by atoms with Crippen LogP contribution in [-0.2, 0) is 20.4 Å². The van der Waals surface area contributed by atoms with Crippen LogP contribution in [0.4, 0.5) is 11.4 Å². The van der Waals surface area contributed by atoms with Gasteiger partial charge in [-0.05, 0) is 63.8 Å².